The maximum Gasteiger partial charge on any atom is 0.417 e. The number of benzene rings is 1. The van der Waals surface area contributed by atoms with Crippen LogP contribution < -0.4 is 16.4 Å². The fourth-order valence-electron chi connectivity index (χ4n) is 3.19. The Labute approximate surface area is 123 Å². The monoisotopic (exact) mass is 290 g/mol. The Bertz CT molecular complexity index is 712. The van der Waals surface area contributed by atoms with Gasteiger partial charge >= 0.3 is 5.76 Å². The molecule has 1 aromatic carbocycles. The van der Waals surface area contributed by atoms with Crippen molar-refractivity contribution in [2.75, 3.05) is 38.3 Å². The number of oxazole rings is 1. The highest BCUT2D eigenvalue weighted by Crippen LogP contribution is 2.38. The van der Waals surface area contributed by atoms with E-state index in [1.807, 2.05) is 13.1 Å². The standard InChI is InChI=1S/C15H22N4O2/c1-18(2)15(5-4-6-15)9-19(3)12-8-11-13(7-10(12)16)21-14(20)17-11/h7-8H,4-6,9,16H2,1-3H3,(H,17,20). The van der Waals surface area contributed by atoms with Crippen molar-refractivity contribution in [1.29, 1.82) is 0 Å². The second kappa shape index (κ2) is 4.80. The first-order chi connectivity index (χ1) is 9.91. The second-order valence-electron chi connectivity index (χ2n) is 6.25. The number of aromatic nitrogens is 1. The summed E-state index contributed by atoms with van der Waals surface area (Å²) in [6.45, 7) is 0.914. The van der Waals surface area contributed by atoms with Crippen molar-refractivity contribution in [2.45, 2.75) is 24.8 Å². The molecule has 0 atom stereocenters. The van der Waals surface area contributed by atoms with E-state index < -0.39 is 5.76 Å². The summed E-state index contributed by atoms with van der Waals surface area (Å²) in [5.41, 5.74) is 9.08. The van der Waals surface area contributed by atoms with Gasteiger partial charge in [0, 0.05) is 25.2 Å². The van der Waals surface area contributed by atoms with Gasteiger partial charge in [0.25, 0.3) is 0 Å². The van der Waals surface area contributed by atoms with E-state index in [-0.39, 0.29) is 5.54 Å². The van der Waals surface area contributed by atoms with Crippen LogP contribution in [0.4, 0.5) is 11.4 Å². The average Bonchev–Trinajstić information content (AvgIpc) is 2.71. The molecule has 3 rings (SSSR count). The molecule has 1 aliphatic rings. The summed E-state index contributed by atoms with van der Waals surface area (Å²) in [6.07, 6.45) is 3.68. The molecule has 6 nitrogen and oxygen atoms in total. The highest BCUT2D eigenvalue weighted by atomic mass is 16.4. The van der Waals surface area contributed by atoms with E-state index in [2.05, 4.69) is 28.9 Å². The average molecular weight is 290 g/mol. The van der Waals surface area contributed by atoms with E-state index in [9.17, 15) is 4.79 Å². The van der Waals surface area contributed by atoms with Crippen molar-refractivity contribution < 1.29 is 4.42 Å². The first-order valence-electron chi connectivity index (χ1n) is 7.22. The smallest absolute Gasteiger partial charge is 0.408 e. The number of likely N-dealkylation sites (N-methyl/N-ethyl adjacent to an activating group) is 2. The molecule has 0 saturated heterocycles. The molecule has 0 bridgehead atoms. The molecule has 1 aliphatic carbocycles. The number of rotatable bonds is 4. The van der Waals surface area contributed by atoms with Crippen LogP contribution >= 0.6 is 0 Å². The lowest BCUT2D eigenvalue weighted by Crippen LogP contribution is -2.56. The molecule has 1 fully saturated rings. The van der Waals surface area contributed by atoms with Crippen LogP contribution in [0.3, 0.4) is 0 Å². The van der Waals surface area contributed by atoms with E-state index >= 15 is 0 Å². The molecular formula is C15H22N4O2. The Morgan fingerprint density at radius 2 is 2.05 bits per heavy atom. The third kappa shape index (κ3) is 2.29. The van der Waals surface area contributed by atoms with Crippen LogP contribution in [-0.4, -0.2) is 43.1 Å². The minimum atomic E-state index is -0.451. The SMILES string of the molecule is CN(CC1(N(C)C)CCC1)c1cc2[nH]c(=O)oc2cc1N. The van der Waals surface area contributed by atoms with Crippen LogP contribution in [0.2, 0.25) is 0 Å². The fourth-order valence-corrected chi connectivity index (χ4v) is 3.19. The second-order valence-corrected chi connectivity index (χ2v) is 6.25. The number of fused-ring (bicyclic) bond motifs is 1. The van der Waals surface area contributed by atoms with E-state index in [1.165, 1.54) is 19.3 Å². The van der Waals surface area contributed by atoms with Crippen LogP contribution in [-0.2, 0) is 0 Å². The Morgan fingerprint density at radius 1 is 1.33 bits per heavy atom. The molecule has 114 valence electrons. The third-order valence-electron chi connectivity index (χ3n) is 4.74. The fraction of sp³-hybridized carbons (Fsp3) is 0.533. The van der Waals surface area contributed by atoms with E-state index in [1.54, 1.807) is 6.07 Å². The summed E-state index contributed by atoms with van der Waals surface area (Å²) in [5, 5.41) is 0. The molecule has 2 aromatic rings. The lowest BCUT2D eigenvalue weighted by Gasteiger charge is -2.49. The molecule has 1 saturated carbocycles. The van der Waals surface area contributed by atoms with Gasteiger partial charge in [-0.05, 0) is 39.4 Å². The number of H-pyrrole nitrogens is 1. The number of nitrogens with one attached hydrogen (secondary N) is 1. The number of nitrogens with two attached hydrogens (primary N) is 1. The van der Waals surface area contributed by atoms with Crippen molar-refractivity contribution >= 4 is 22.5 Å². The number of hydrogen-bond donors (Lipinski definition) is 2. The summed E-state index contributed by atoms with van der Waals surface area (Å²) in [6, 6.07) is 3.60. The van der Waals surface area contributed by atoms with Crippen molar-refractivity contribution in [3.8, 4) is 0 Å². The van der Waals surface area contributed by atoms with Gasteiger partial charge in [0.2, 0.25) is 0 Å². The number of aromatic amines is 1. The van der Waals surface area contributed by atoms with Crippen LogP contribution in [0.25, 0.3) is 11.1 Å². The predicted octanol–water partition coefficient (Wildman–Crippen LogP) is 1.62. The molecule has 3 N–H and O–H groups in total. The quantitative estimate of drug-likeness (QED) is 0.837. The first-order valence-corrected chi connectivity index (χ1v) is 7.22. The van der Waals surface area contributed by atoms with Gasteiger partial charge in [-0.1, -0.05) is 0 Å². The van der Waals surface area contributed by atoms with Crippen LogP contribution in [0.5, 0.6) is 0 Å². The summed E-state index contributed by atoms with van der Waals surface area (Å²) in [4.78, 5) is 18.4. The lowest BCUT2D eigenvalue weighted by atomic mass is 9.75. The lowest BCUT2D eigenvalue weighted by molar-refractivity contribution is 0.0683. The minimum Gasteiger partial charge on any atom is -0.408 e. The number of nitrogen functional groups attached to an aromatic ring is 1. The Morgan fingerprint density at radius 3 is 2.62 bits per heavy atom. The minimum absolute atomic E-state index is 0.222. The van der Waals surface area contributed by atoms with Gasteiger partial charge in [0.15, 0.2) is 5.58 Å². The van der Waals surface area contributed by atoms with Crippen molar-refractivity contribution in [2.24, 2.45) is 0 Å². The van der Waals surface area contributed by atoms with Crippen LogP contribution in [0.15, 0.2) is 21.3 Å². The molecule has 1 heterocycles. The topological polar surface area (TPSA) is 78.5 Å². The van der Waals surface area contributed by atoms with Crippen molar-refractivity contribution in [1.82, 2.24) is 9.88 Å². The first kappa shape index (κ1) is 14.0. The normalized spacial score (nSPS) is 17.1. The van der Waals surface area contributed by atoms with Gasteiger partial charge in [-0.3, -0.25) is 4.98 Å². The summed E-state index contributed by atoms with van der Waals surface area (Å²) >= 11 is 0. The Hall–Kier alpha value is -1.95. The van der Waals surface area contributed by atoms with Crippen molar-refractivity contribution in [3.05, 3.63) is 22.7 Å². The zero-order valence-electron chi connectivity index (χ0n) is 12.8. The molecular weight excluding hydrogens is 268 g/mol. The van der Waals surface area contributed by atoms with Gasteiger partial charge in [0.05, 0.1) is 16.9 Å². The zero-order valence-corrected chi connectivity index (χ0v) is 12.8. The number of anilines is 2. The molecule has 6 heteroatoms. The molecule has 1 aromatic heterocycles. The van der Waals surface area contributed by atoms with E-state index in [0.29, 0.717) is 16.8 Å². The van der Waals surface area contributed by atoms with Crippen molar-refractivity contribution in [3.63, 3.8) is 0 Å². The van der Waals surface area contributed by atoms with Gasteiger partial charge in [-0.2, -0.15) is 0 Å². The highest BCUT2D eigenvalue weighted by molar-refractivity contribution is 5.85. The number of nitrogens with zero attached hydrogens (tertiary/aromatic N) is 2. The Kier molecular flexibility index (Phi) is 3.20. The maximum absolute atomic E-state index is 11.3. The predicted molar refractivity (Wildman–Crippen MR) is 84.8 cm³/mol. The molecule has 21 heavy (non-hydrogen) atoms. The Balaban J connectivity index is 1.92. The third-order valence-corrected chi connectivity index (χ3v) is 4.74. The zero-order chi connectivity index (χ0) is 15.2. The van der Waals surface area contributed by atoms with E-state index in [4.69, 9.17) is 10.2 Å². The van der Waals surface area contributed by atoms with Gasteiger partial charge in [0.1, 0.15) is 0 Å². The van der Waals surface area contributed by atoms with Gasteiger partial charge in [-0.15, -0.1) is 0 Å². The molecule has 0 unspecified atom stereocenters. The van der Waals surface area contributed by atoms with Gasteiger partial charge < -0.3 is 20.0 Å². The summed E-state index contributed by atoms with van der Waals surface area (Å²) in [5.74, 6) is -0.451. The molecule has 0 aliphatic heterocycles. The number of hydrogen-bond acceptors (Lipinski definition) is 5. The maximum atomic E-state index is 11.3. The molecule has 0 amide bonds. The van der Waals surface area contributed by atoms with E-state index in [0.717, 1.165) is 12.2 Å². The summed E-state index contributed by atoms with van der Waals surface area (Å²) in [7, 11) is 6.31. The van der Waals surface area contributed by atoms with Gasteiger partial charge in [-0.25, -0.2) is 4.79 Å². The largest absolute Gasteiger partial charge is 0.417 e. The van der Waals surface area contributed by atoms with Crippen LogP contribution in [0, 0.1) is 0 Å². The summed E-state index contributed by atoms with van der Waals surface area (Å²) < 4.78 is 5.04. The molecule has 0 radical (unpaired) electrons. The highest BCUT2D eigenvalue weighted by Gasteiger charge is 2.40. The van der Waals surface area contributed by atoms with Crippen LogP contribution in [0.1, 0.15) is 19.3 Å². The molecule has 0 spiro atoms.